The van der Waals surface area contributed by atoms with Crippen LogP contribution in [0.2, 0.25) is 0 Å². The van der Waals surface area contributed by atoms with Gasteiger partial charge in [0, 0.05) is 19.0 Å². The summed E-state index contributed by atoms with van der Waals surface area (Å²) >= 11 is 3.10. The van der Waals surface area contributed by atoms with E-state index in [0.717, 1.165) is 5.82 Å². The summed E-state index contributed by atoms with van der Waals surface area (Å²) in [6, 6.07) is 4.35. The first-order chi connectivity index (χ1) is 10.1. The Bertz CT molecular complexity index is 644. The minimum absolute atomic E-state index is 0.135. The molecule has 0 saturated carbocycles. The number of hydrogen-bond donors (Lipinski definition) is 2. The zero-order chi connectivity index (χ0) is 15.2. The van der Waals surface area contributed by atoms with Gasteiger partial charge < -0.3 is 5.32 Å². The van der Waals surface area contributed by atoms with Crippen molar-refractivity contribution >= 4 is 27.5 Å². The van der Waals surface area contributed by atoms with Crippen LogP contribution < -0.4 is 5.32 Å². The molecule has 110 valence electrons. The fourth-order valence-electron chi connectivity index (χ4n) is 1.74. The van der Waals surface area contributed by atoms with Crippen LogP contribution in [0.3, 0.4) is 0 Å². The third-order valence-corrected chi connectivity index (χ3v) is 3.59. The highest BCUT2D eigenvalue weighted by atomic mass is 79.9. The lowest BCUT2D eigenvalue weighted by Crippen LogP contribution is -2.25. The molecule has 2 aromatic rings. The third kappa shape index (κ3) is 3.85. The number of amides is 1. The molecule has 0 unspecified atom stereocenters. The molecule has 2 rings (SSSR count). The van der Waals surface area contributed by atoms with Crippen molar-refractivity contribution in [3.05, 3.63) is 50.5 Å². The highest BCUT2D eigenvalue weighted by Crippen LogP contribution is 2.28. The number of nitro benzene ring substituents is 1. The molecule has 0 bridgehead atoms. The van der Waals surface area contributed by atoms with Crippen molar-refractivity contribution in [2.24, 2.45) is 0 Å². The first-order valence-corrected chi connectivity index (χ1v) is 6.94. The molecular formula is C12H12BrN5O3. The maximum atomic E-state index is 12.0. The summed E-state index contributed by atoms with van der Waals surface area (Å²) in [4.78, 5) is 26.3. The van der Waals surface area contributed by atoms with E-state index < -0.39 is 4.92 Å². The molecule has 0 saturated heterocycles. The van der Waals surface area contributed by atoms with E-state index in [-0.39, 0.29) is 21.6 Å². The number of aromatic amines is 1. The first-order valence-electron chi connectivity index (χ1n) is 6.15. The number of nitrogens with zero attached hydrogens (tertiary/aromatic N) is 3. The lowest BCUT2D eigenvalue weighted by molar-refractivity contribution is -0.385. The van der Waals surface area contributed by atoms with Crippen molar-refractivity contribution in [2.45, 2.75) is 12.8 Å². The van der Waals surface area contributed by atoms with E-state index >= 15 is 0 Å². The molecular weight excluding hydrogens is 342 g/mol. The fourth-order valence-corrected chi connectivity index (χ4v) is 2.33. The number of aromatic nitrogens is 3. The van der Waals surface area contributed by atoms with Crippen molar-refractivity contribution in [1.82, 2.24) is 20.5 Å². The molecule has 1 aromatic heterocycles. The molecule has 0 aliphatic rings. The molecule has 0 aliphatic carbocycles. The molecule has 1 heterocycles. The average molecular weight is 354 g/mol. The Labute approximate surface area is 128 Å². The maximum absolute atomic E-state index is 12.0. The normalized spacial score (nSPS) is 10.3. The second kappa shape index (κ2) is 6.93. The highest BCUT2D eigenvalue weighted by Gasteiger charge is 2.18. The third-order valence-electron chi connectivity index (χ3n) is 2.76. The molecule has 0 radical (unpaired) electrons. The Morgan fingerprint density at radius 1 is 1.48 bits per heavy atom. The number of nitro groups is 1. The van der Waals surface area contributed by atoms with Crippen LogP contribution in [-0.4, -0.2) is 32.6 Å². The Morgan fingerprint density at radius 3 is 2.95 bits per heavy atom. The van der Waals surface area contributed by atoms with E-state index in [4.69, 9.17) is 0 Å². The zero-order valence-corrected chi connectivity index (χ0v) is 12.5. The minimum atomic E-state index is -0.537. The van der Waals surface area contributed by atoms with Gasteiger partial charge in [0.1, 0.15) is 16.6 Å². The fraction of sp³-hybridized carbons (Fsp3) is 0.250. The first kappa shape index (κ1) is 15.1. The highest BCUT2D eigenvalue weighted by molar-refractivity contribution is 9.10. The number of aryl methyl sites for hydroxylation is 1. The van der Waals surface area contributed by atoms with Crippen LogP contribution in [-0.2, 0) is 6.42 Å². The monoisotopic (exact) mass is 353 g/mol. The Morgan fingerprint density at radius 2 is 2.29 bits per heavy atom. The van der Waals surface area contributed by atoms with E-state index in [1.165, 1.54) is 24.5 Å². The van der Waals surface area contributed by atoms with Gasteiger partial charge in [0.05, 0.1) is 10.5 Å². The number of benzene rings is 1. The minimum Gasteiger partial charge on any atom is -0.352 e. The van der Waals surface area contributed by atoms with E-state index in [1.54, 1.807) is 0 Å². The molecule has 0 spiro atoms. The quantitative estimate of drug-likeness (QED) is 0.467. The van der Waals surface area contributed by atoms with Crippen LogP contribution in [0, 0.1) is 10.1 Å². The van der Waals surface area contributed by atoms with Crippen LogP contribution in [0.1, 0.15) is 22.6 Å². The molecule has 2 N–H and O–H groups in total. The molecule has 0 aliphatic heterocycles. The standard InChI is InChI=1S/C12H12BrN5O3/c13-11-8(3-1-4-9(11)18(20)21)12(19)14-6-2-5-10-15-7-16-17-10/h1,3-4,7H,2,5-6H2,(H,14,19)(H,15,16,17). The van der Waals surface area contributed by atoms with Gasteiger partial charge in [-0.15, -0.1) is 0 Å². The van der Waals surface area contributed by atoms with Gasteiger partial charge in [0.25, 0.3) is 11.6 Å². The number of hydrogen-bond acceptors (Lipinski definition) is 5. The van der Waals surface area contributed by atoms with Crippen molar-refractivity contribution < 1.29 is 9.72 Å². The molecule has 0 fully saturated rings. The summed E-state index contributed by atoms with van der Waals surface area (Å²) in [5, 5.41) is 20.0. The number of carbonyl (C=O) groups is 1. The topological polar surface area (TPSA) is 114 Å². The molecule has 9 heteroatoms. The van der Waals surface area contributed by atoms with Crippen molar-refractivity contribution in [3.8, 4) is 0 Å². The Kier molecular flexibility index (Phi) is 4.99. The maximum Gasteiger partial charge on any atom is 0.284 e. The average Bonchev–Trinajstić information content (AvgIpc) is 2.96. The number of rotatable bonds is 6. The summed E-state index contributed by atoms with van der Waals surface area (Å²) in [5.74, 6) is 0.393. The van der Waals surface area contributed by atoms with Crippen LogP contribution in [0.4, 0.5) is 5.69 Å². The van der Waals surface area contributed by atoms with Gasteiger partial charge in [-0.1, -0.05) is 6.07 Å². The summed E-state index contributed by atoms with van der Waals surface area (Å²) in [5.41, 5.74) is 0.105. The summed E-state index contributed by atoms with van der Waals surface area (Å²) in [6.07, 6.45) is 2.78. The number of carbonyl (C=O) groups excluding carboxylic acids is 1. The van der Waals surface area contributed by atoms with E-state index in [9.17, 15) is 14.9 Å². The van der Waals surface area contributed by atoms with Crippen molar-refractivity contribution in [1.29, 1.82) is 0 Å². The predicted octanol–water partition coefficient (Wildman–Crippen LogP) is 1.84. The molecule has 1 aromatic carbocycles. The Hall–Kier alpha value is -2.29. The van der Waals surface area contributed by atoms with Crippen LogP contribution in [0.25, 0.3) is 0 Å². The number of nitrogens with one attached hydrogen (secondary N) is 2. The summed E-state index contributed by atoms with van der Waals surface area (Å²) < 4.78 is 0.183. The molecule has 8 nitrogen and oxygen atoms in total. The molecule has 21 heavy (non-hydrogen) atoms. The predicted molar refractivity (Wildman–Crippen MR) is 77.8 cm³/mol. The van der Waals surface area contributed by atoms with Crippen LogP contribution in [0.5, 0.6) is 0 Å². The van der Waals surface area contributed by atoms with E-state index in [2.05, 4.69) is 36.4 Å². The molecule has 0 atom stereocenters. The van der Waals surface area contributed by atoms with Gasteiger partial charge >= 0.3 is 0 Å². The van der Waals surface area contributed by atoms with Crippen LogP contribution in [0.15, 0.2) is 29.0 Å². The zero-order valence-electron chi connectivity index (χ0n) is 10.9. The second-order valence-corrected chi connectivity index (χ2v) is 4.98. The Balaban J connectivity index is 1.91. The van der Waals surface area contributed by atoms with Gasteiger partial charge in [0.2, 0.25) is 0 Å². The van der Waals surface area contributed by atoms with E-state index in [1.807, 2.05) is 0 Å². The largest absolute Gasteiger partial charge is 0.352 e. The van der Waals surface area contributed by atoms with E-state index in [0.29, 0.717) is 19.4 Å². The van der Waals surface area contributed by atoms with Crippen LogP contribution >= 0.6 is 15.9 Å². The number of halogens is 1. The smallest absolute Gasteiger partial charge is 0.284 e. The number of H-pyrrole nitrogens is 1. The second-order valence-electron chi connectivity index (χ2n) is 4.19. The summed E-state index contributed by atoms with van der Waals surface area (Å²) in [6.45, 7) is 0.439. The summed E-state index contributed by atoms with van der Waals surface area (Å²) in [7, 11) is 0. The van der Waals surface area contributed by atoms with Gasteiger partial charge in [-0.25, -0.2) is 4.98 Å². The van der Waals surface area contributed by atoms with Crippen molar-refractivity contribution in [3.63, 3.8) is 0 Å². The van der Waals surface area contributed by atoms with Crippen molar-refractivity contribution in [2.75, 3.05) is 6.54 Å². The SMILES string of the molecule is O=C(NCCCc1ncn[nH]1)c1cccc([N+](=O)[O-])c1Br. The molecule has 1 amide bonds. The van der Waals surface area contributed by atoms with Gasteiger partial charge in [-0.05, 0) is 28.4 Å². The lowest BCUT2D eigenvalue weighted by Gasteiger charge is -2.06. The van der Waals surface area contributed by atoms with Gasteiger partial charge in [-0.2, -0.15) is 5.10 Å². The van der Waals surface area contributed by atoms with Gasteiger partial charge in [0.15, 0.2) is 0 Å². The lowest BCUT2D eigenvalue weighted by atomic mass is 10.2. The van der Waals surface area contributed by atoms with Gasteiger partial charge in [-0.3, -0.25) is 20.0 Å².